The molecule has 0 spiro atoms. The van der Waals surface area contributed by atoms with Crippen molar-refractivity contribution in [1.29, 1.82) is 0 Å². The summed E-state index contributed by atoms with van der Waals surface area (Å²) < 4.78 is 28.3. The van der Waals surface area contributed by atoms with Crippen LogP contribution in [0.25, 0.3) is 11.4 Å². The van der Waals surface area contributed by atoms with Crippen LogP contribution in [0.1, 0.15) is 16.2 Å². The number of hydrogen-bond acceptors (Lipinski definition) is 6. The highest BCUT2D eigenvalue weighted by Gasteiger charge is 2.16. The van der Waals surface area contributed by atoms with Crippen molar-refractivity contribution in [1.82, 2.24) is 15.5 Å². The number of benzene rings is 2. The molecule has 3 rings (SSSR count). The fraction of sp³-hybridized carbons (Fsp3) is 0.167. The van der Waals surface area contributed by atoms with Gasteiger partial charge in [0.25, 0.3) is 0 Å². The lowest BCUT2D eigenvalue weighted by Crippen LogP contribution is -2.23. The SMILES string of the molecule is COc1ccc(CNC(=O)c2nc(-c3ccc(F)cc3)no2)cc1OC. The van der Waals surface area contributed by atoms with Gasteiger partial charge in [-0.2, -0.15) is 4.98 Å². The van der Waals surface area contributed by atoms with Crippen molar-refractivity contribution in [3.05, 3.63) is 59.7 Å². The lowest BCUT2D eigenvalue weighted by molar-refractivity contribution is 0.0907. The summed E-state index contributed by atoms with van der Waals surface area (Å²) in [4.78, 5) is 16.2. The van der Waals surface area contributed by atoms with E-state index in [0.29, 0.717) is 17.1 Å². The number of carbonyl (C=O) groups is 1. The molecule has 8 heteroatoms. The van der Waals surface area contributed by atoms with Gasteiger partial charge >= 0.3 is 11.8 Å². The molecule has 0 aliphatic carbocycles. The maximum atomic E-state index is 13.0. The van der Waals surface area contributed by atoms with Gasteiger partial charge in [0.05, 0.1) is 14.2 Å². The molecule has 134 valence electrons. The highest BCUT2D eigenvalue weighted by molar-refractivity contribution is 5.89. The Morgan fingerprint density at radius 3 is 2.54 bits per heavy atom. The minimum atomic E-state index is -0.513. The average molecular weight is 357 g/mol. The predicted molar refractivity (Wildman–Crippen MR) is 90.4 cm³/mol. The zero-order valence-corrected chi connectivity index (χ0v) is 14.2. The van der Waals surface area contributed by atoms with Crippen LogP contribution in [0.4, 0.5) is 4.39 Å². The van der Waals surface area contributed by atoms with Gasteiger partial charge in [0, 0.05) is 12.1 Å². The van der Waals surface area contributed by atoms with Crippen molar-refractivity contribution in [3.63, 3.8) is 0 Å². The lowest BCUT2D eigenvalue weighted by atomic mass is 10.2. The van der Waals surface area contributed by atoms with Crippen LogP contribution in [0.15, 0.2) is 47.0 Å². The monoisotopic (exact) mass is 357 g/mol. The van der Waals surface area contributed by atoms with Crippen molar-refractivity contribution < 1.29 is 23.2 Å². The molecule has 0 atom stereocenters. The highest BCUT2D eigenvalue weighted by Crippen LogP contribution is 2.27. The molecule has 1 amide bonds. The molecule has 7 nitrogen and oxygen atoms in total. The van der Waals surface area contributed by atoms with Gasteiger partial charge in [0.2, 0.25) is 5.82 Å². The van der Waals surface area contributed by atoms with Crippen molar-refractivity contribution in [2.75, 3.05) is 14.2 Å². The normalized spacial score (nSPS) is 10.4. The molecule has 1 heterocycles. The number of rotatable bonds is 6. The topological polar surface area (TPSA) is 86.5 Å². The summed E-state index contributed by atoms with van der Waals surface area (Å²) in [7, 11) is 3.09. The largest absolute Gasteiger partial charge is 0.493 e. The van der Waals surface area contributed by atoms with E-state index < -0.39 is 5.91 Å². The molecule has 0 bridgehead atoms. The zero-order valence-electron chi connectivity index (χ0n) is 14.2. The molecule has 1 aromatic heterocycles. The van der Waals surface area contributed by atoms with E-state index in [1.54, 1.807) is 25.3 Å². The third-order valence-corrected chi connectivity index (χ3v) is 3.62. The van der Waals surface area contributed by atoms with Gasteiger partial charge in [-0.1, -0.05) is 11.2 Å². The molecule has 0 saturated carbocycles. The fourth-order valence-electron chi connectivity index (χ4n) is 2.28. The van der Waals surface area contributed by atoms with Crippen LogP contribution in [0.2, 0.25) is 0 Å². The predicted octanol–water partition coefficient (Wildman–Crippen LogP) is 2.82. The summed E-state index contributed by atoms with van der Waals surface area (Å²) in [5.41, 5.74) is 1.36. The summed E-state index contributed by atoms with van der Waals surface area (Å²) in [6.45, 7) is 0.244. The third-order valence-electron chi connectivity index (χ3n) is 3.62. The van der Waals surface area contributed by atoms with Crippen molar-refractivity contribution in [3.8, 4) is 22.9 Å². The fourth-order valence-corrected chi connectivity index (χ4v) is 2.28. The van der Waals surface area contributed by atoms with Gasteiger partial charge in [-0.05, 0) is 42.0 Å². The Bertz CT molecular complexity index is 909. The molecule has 0 aliphatic rings. The molecule has 3 aromatic rings. The van der Waals surface area contributed by atoms with Crippen LogP contribution in [-0.2, 0) is 6.54 Å². The molecular formula is C18H16FN3O4. The lowest BCUT2D eigenvalue weighted by Gasteiger charge is -2.09. The van der Waals surface area contributed by atoms with E-state index in [4.69, 9.17) is 14.0 Å². The minimum absolute atomic E-state index is 0.176. The van der Waals surface area contributed by atoms with Crippen LogP contribution < -0.4 is 14.8 Å². The Hall–Kier alpha value is -3.42. The van der Waals surface area contributed by atoms with Crippen LogP contribution in [0.3, 0.4) is 0 Å². The van der Waals surface area contributed by atoms with Gasteiger partial charge in [0.15, 0.2) is 11.5 Å². The first-order valence-electron chi connectivity index (χ1n) is 7.69. The maximum Gasteiger partial charge on any atom is 0.316 e. The summed E-state index contributed by atoms with van der Waals surface area (Å²) in [6, 6.07) is 10.9. The molecule has 0 unspecified atom stereocenters. The summed E-state index contributed by atoms with van der Waals surface area (Å²) in [5.74, 6) is 0.316. The Morgan fingerprint density at radius 2 is 1.85 bits per heavy atom. The van der Waals surface area contributed by atoms with Gasteiger partial charge in [0.1, 0.15) is 5.82 Å². The minimum Gasteiger partial charge on any atom is -0.493 e. The van der Waals surface area contributed by atoms with Crippen LogP contribution in [0.5, 0.6) is 11.5 Å². The number of halogens is 1. The standard InChI is InChI=1S/C18H16FN3O4/c1-24-14-8-3-11(9-15(14)25-2)10-20-17(23)18-21-16(22-26-18)12-4-6-13(19)7-5-12/h3-9H,10H2,1-2H3,(H,20,23). The molecule has 1 N–H and O–H groups in total. The number of carbonyl (C=O) groups excluding carboxylic acids is 1. The molecule has 0 saturated heterocycles. The Labute approximate surface area is 148 Å². The third kappa shape index (κ3) is 3.80. The van der Waals surface area contributed by atoms with E-state index in [2.05, 4.69) is 15.5 Å². The van der Waals surface area contributed by atoms with Crippen LogP contribution in [0, 0.1) is 5.82 Å². The van der Waals surface area contributed by atoms with Gasteiger partial charge < -0.3 is 19.3 Å². The van der Waals surface area contributed by atoms with Crippen molar-refractivity contribution in [2.45, 2.75) is 6.54 Å². The Morgan fingerprint density at radius 1 is 1.12 bits per heavy atom. The van der Waals surface area contributed by atoms with Crippen LogP contribution >= 0.6 is 0 Å². The summed E-state index contributed by atoms with van der Waals surface area (Å²) >= 11 is 0. The smallest absolute Gasteiger partial charge is 0.316 e. The van der Waals surface area contributed by atoms with Crippen molar-refractivity contribution in [2.24, 2.45) is 0 Å². The summed E-state index contributed by atoms with van der Waals surface area (Å²) in [6.07, 6.45) is 0. The Balaban J connectivity index is 1.66. The van der Waals surface area contributed by atoms with E-state index in [0.717, 1.165) is 5.56 Å². The van der Waals surface area contributed by atoms with Gasteiger partial charge in [-0.15, -0.1) is 0 Å². The number of methoxy groups -OCH3 is 2. The molecule has 0 fully saturated rings. The second-order valence-electron chi connectivity index (χ2n) is 5.30. The number of hydrogen-bond donors (Lipinski definition) is 1. The zero-order chi connectivity index (χ0) is 18.5. The first-order chi connectivity index (χ1) is 12.6. The highest BCUT2D eigenvalue weighted by atomic mass is 19.1. The second kappa shape index (κ2) is 7.64. The second-order valence-corrected chi connectivity index (χ2v) is 5.30. The van der Waals surface area contributed by atoms with E-state index >= 15 is 0 Å². The number of aromatic nitrogens is 2. The van der Waals surface area contributed by atoms with Crippen molar-refractivity contribution >= 4 is 5.91 Å². The average Bonchev–Trinajstić information content (AvgIpc) is 3.16. The van der Waals surface area contributed by atoms with E-state index in [1.165, 1.54) is 31.4 Å². The first kappa shape index (κ1) is 17.4. The number of ether oxygens (including phenoxy) is 2. The van der Waals surface area contributed by atoms with E-state index in [-0.39, 0.29) is 24.1 Å². The van der Waals surface area contributed by atoms with Gasteiger partial charge in [-0.25, -0.2) is 4.39 Å². The first-order valence-corrected chi connectivity index (χ1v) is 7.69. The molecule has 2 aromatic carbocycles. The maximum absolute atomic E-state index is 13.0. The van der Waals surface area contributed by atoms with Crippen LogP contribution in [-0.4, -0.2) is 30.3 Å². The van der Waals surface area contributed by atoms with E-state index in [9.17, 15) is 9.18 Å². The molecular weight excluding hydrogens is 341 g/mol. The number of nitrogens with one attached hydrogen (secondary N) is 1. The molecule has 0 aliphatic heterocycles. The number of amides is 1. The molecule has 26 heavy (non-hydrogen) atoms. The Kier molecular flexibility index (Phi) is 5.12. The quantitative estimate of drug-likeness (QED) is 0.730. The van der Waals surface area contributed by atoms with E-state index in [1.807, 2.05) is 0 Å². The van der Waals surface area contributed by atoms with Gasteiger partial charge in [-0.3, -0.25) is 4.79 Å². The number of nitrogens with zero attached hydrogens (tertiary/aromatic N) is 2. The summed E-state index contributed by atoms with van der Waals surface area (Å²) in [5, 5.41) is 6.42. The molecule has 0 radical (unpaired) electrons.